The predicted molar refractivity (Wildman–Crippen MR) is 52.1 cm³/mol. The molecule has 14 heavy (non-hydrogen) atoms. The zero-order chi connectivity index (χ0) is 10.4. The second-order valence-corrected chi connectivity index (χ2v) is 3.83. The lowest BCUT2D eigenvalue weighted by Gasteiger charge is -2.05. The highest BCUT2D eigenvalue weighted by atomic mass is 32.2. The van der Waals surface area contributed by atoms with Gasteiger partial charge in [-0.05, 0) is 11.8 Å². The van der Waals surface area contributed by atoms with Gasteiger partial charge in [0.05, 0.1) is 6.20 Å². The molecule has 5 heteroatoms. The van der Waals surface area contributed by atoms with Crippen molar-refractivity contribution in [2.45, 2.75) is 18.2 Å². The van der Waals surface area contributed by atoms with E-state index in [-0.39, 0.29) is 0 Å². The summed E-state index contributed by atoms with van der Waals surface area (Å²) in [7, 11) is 0. The largest absolute Gasteiger partial charge is 0.486 e. The maximum absolute atomic E-state index is 11.8. The highest BCUT2D eigenvalue weighted by Crippen LogP contribution is 2.21. The molecular weight excluding hydrogens is 208 g/mol. The maximum Gasteiger partial charge on any atom is 0.272 e. The number of halogens is 2. The zero-order valence-corrected chi connectivity index (χ0v) is 8.56. The van der Waals surface area contributed by atoms with E-state index >= 15 is 0 Å². The van der Waals surface area contributed by atoms with Crippen LogP contribution in [0.1, 0.15) is 6.92 Å². The van der Waals surface area contributed by atoms with Gasteiger partial charge in [0.25, 0.3) is 6.43 Å². The fourth-order valence-electron chi connectivity index (χ4n) is 0.883. The molecule has 1 rings (SSSR count). The van der Waals surface area contributed by atoms with Crippen molar-refractivity contribution in [1.82, 2.24) is 4.98 Å². The van der Waals surface area contributed by atoms with Crippen LogP contribution < -0.4 is 4.74 Å². The molecule has 0 aromatic carbocycles. The van der Waals surface area contributed by atoms with Crippen molar-refractivity contribution in [2.24, 2.45) is 0 Å². The van der Waals surface area contributed by atoms with Crippen molar-refractivity contribution in [1.29, 1.82) is 0 Å². The number of rotatable bonds is 5. The fourth-order valence-corrected chi connectivity index (χ4v) is 1.55. The van der Waals surface area contributed by atoms with Gasteiger partial charge in [-0.3, -0.25) is 4.98 Å². The van der Waals surface area contributed by atoms with Gasteiger partial charge in [0.1, 0.15) is 12.4 Å². The van der Waals surface area contributed by atoms with E-state index in [1.54, 1.807) is 24.0 Å². The lowest BCUT2D eigenvalue weighted by atomic mass is 10.4. The van der Waals surface area contributed by atoms with Crippen LogP contribution in [0.5, 0.6) is 5.75 Å². The first-order valence-corrected chi connectivity index (χ1v) is 5.19. The first-order valence-electron chi connectivity index (χ1n) is 4.21. The lowest BCUT2D eigenvalue weighted by molar-refractivity contribution is 0.0816. The molecule has 0 amide bonds. The Labute approximate surface area is 85.7 Å². The topological polar surface area (TPSA) is 22.1 Å². The van der Waals surface area contributed by atoms with Crippen molar-refractivity contribution in [3.05, 3.63) is 18.5 Å². The minimum Gasteiger partial charge on any atom is -0.486 e. The second-order valence-electron chi connectivity index (χ2n) is 2.49. The van der Waals surface area contributed by atoms with E-state index in [4.69, 9.17) is 4.74 Å². The van der Waals surface area contributed by atoms with Gasteiger partial charge in [0.2, 0.25) is 0 Å². The Morgan fingerprint density at radius 2 is 2.29 bits per heavy atom. The van der Waals surface area contributed by atoms with Gasteiger partial charge in [-0.15, -0.1) is 11.8 Å². The molecule has 0 aliphatic rings. The predicted octanol–water partition coefficient (Wildman–Crippen LogP) is 2.84. The van der Waals surface area contributed by atoms with E-state index < -0.39 is 13.0 Å². The Morgan fingerprint density at radius 3 is 2.93 bits per heavy atom. The Balaban J connectivity index is 2.54. The summed E-state index contributed by atoms with van der Waals surface area (Å²) >= 11 is 1.59. The molecule has 0 atom stereocenters. The van der Waals surface area contributed by atoms with Crippen molar-refractivity contribution in [3.63, 3.8) is 0 Å². The number of hydrogen-bond donors (Lipinski definition) is 0. The lowest BCUT2D eigenvalue weighted by Crippen LogP contribution is -2.07. The van der Waals surface area contributed by atoms with Crippen LogP contribution >= 0.6 is 11.8 Å². The van der Waals surface area contributed by atoms with Crippen molar-refractivity contribution < 1.29 is 13.5 Å². The Morgan fingerprint density at radius 1 is 1.50 bits per heavy atom. The molecule has 2 nitrogen and oxygen atoms in total. The number of ether oxygens (including phenoxy) is 1. The highest BCUT2D eigenvalue weighted by molar-refractivity contribution is 7.99. The molecule has 0 saturated heterocycles. The summed E-state index contributed by atoms with van der Waals surface area (Å²) < 4.78 is 28.5. The van der Waals surface area contributed by atoms with Crippen LogP contribution in [0.25, 0.3) is 0 Å². The first kappa shape index (κ1) is 11.2. The minimum absolute atomic E-state index is 0.392. The maximum atomic E-state index is 11.8. The molecule has 0 N–H and O–H groups in total. The van der Waals surface area contributed by atoms with Gasteiger partial charge in [-0.1, -0.05) is 6.92 Å². The normalized spacial score (nSPS) is 10.6. The van der Waals surface area contributed by atoms with Crippen molar-refractivity contribution >= 4 is 11.8 Å². The van der Waals surface area contributed by atoms with Crippen LogP contribution in [0.3, 0.4) is 0 Å². The van der Waals surface area contributed by atoms with Crippen LogP contribution in [-0.4, -0.2) is 23.8 Å². The summed E-state index contributed by atoms with van der Waals surface area (Å²) in [5.41, 5.74) is 0. The van der Waals surface area contributed by atoms with Gasteiger partial charge in [-0.2, -0.15) is 0 Å². The number of pyridine rings is 1. The van der Waals surface area contributed by atoms with Crippen LogP contribution in [0.2, 0.25) is 0 Å². The van der Waals surface area contributed by atoms with E-state index in [0.29, 0.717) is 5.75 Å². The standard InChI is InChI=1S/C9H11F2NOS/c1-2-14-8-3-7(4-12-5-8)13-6-9(10)11/h3-5,9H,2,6H2,1H3. The second kappa shape index (κ2) is 5.80. The van der Waals surface area contributed by atoms with Gasteiger partial charge in [-0.25, -0.2) is 8.78 Å². The van der Waals surface area contributed by atoms with Gasteiger partial charge in [0, 0.05) is 11.1 Å². The number of nitrogens with zero attached hydrogens (tertiary/aromatic N) is 1. The van der Waals surface area contributed by atoms with E-state index in [9.17, 15) is 8.78 Å². The third-order valence-corrected chi connectivity index (χ3v) is 2.22. The number of hydrogen-bond acceptors (Lipinski definition) is 3. The SMILES string of the molecule is CCSc1cncc(OCC(F)F)c1. The average Bonchev–Trinajstić information content (AvgIpc) is 2.16. The molecule has 0 bridgehead atoms. The minimum atomic E-state index is -2.45. The Hall–Kier alpha value is -0.840. The third-order valence-electron chi connectivity index (χ3n) is 1.38. The fraction of sp³-hybridized carbons (Fsp3) is 0.444. The highest BCUT2D eigenvalue weighted by Gasteiger charge is 2.04. The van der Waals surface area contributed by atoms with Crippen LogP contribution in [0.15, 0.2) is 23.4 Å². The number of alkyl halides is 2. The first-order chi connectivity index (χ1) is 6.72. The van der Waals surface area contributed by atoms with Crippen LogP contribution in [-0.2, 0) is 0 Å². The molecule has 78 valence electrons. The monoisotopic (exact) mass is 219 g/mol. The van der Waals surface area contributed by atoms with Gasteiger partial charge >= 0.3 is 0 Å². The van der Waals surface area contributed by atoms with Crippen LogP contribution in [0, 0.1) is 0 Å². The zero-order valence-electron chi connectivity index (χ0n) is 7.74. The van der Waals surface area contributed by atoms with Gasteiger partial charge in [0.15, 0.2) is 0 Å². The number of aromatic nitrogens is 1. The molecule has 0 spiro atoms. The van der Waals surface area contributed by atoms with Crippen molar-refractivity contribution in [2.75, 3.05) is 12.4 Å². The smallest absolute Gasteiger partial charge is 0.272 e. The molecule has 1 aromatic rings. The summed E-state index contributed by atoms with van der Waals surface area (Å²) in [5, 5.41) is 0. The summed E-state index contributed by atoms with van der Waals surface area (Å²) in [6.07, 6.45) is 0.670. The molecule has 1 heterocycles. The summed E-state index contributed by atoms with van der Waals surface area (Å²) in [6, 6.07) is 1.71. The summed E-state index contributed by atoms with van der Waals surface area (Å²) in [4.78, 5) is 4.82. The van der Waals surface area contributed by atoms with E-state index in [0.717, 1.165) is 10.6 Å². The third kappa shape index (κ3) is 3.91. The summed E-state index contributed by atoms with van der Waals surface area (Å²) in [6.45, 7) is 1.43. The average molecular weight is 219 g/mol. The molecule has 0 saturated carbocycles. The molecule has 0 fully saturated rings. The van der Waals surface area contributed by atoms with E-state index in [1.807, 2.05) is 6.92 Å². The summed E-state index contributed by atoms with van der Waals surface area (Å²) in [5.74, 6) is 1.31. The van der Waals surface area contributed by atoms with Crippen molar-refractivity contribution in [3.8, 4) is 5.75 Å². The molecular formula is C9H11F2NOS. The van der Waals surface area contributed by atoms with Crippen LogP contribution in [0.4, 0.5) is 8.78 Å². The molecule has 0 aliphatic carbocycles. The van der Waals surface area contributed by atoms with Gasteiger partial charge < -0.3 is 4.74 Å². The molecule has 0 unspecified atom stereocenters. The van der Waals surface area contributed by atoms with E-state index in [1.165, 1.54) is 6.20 Å². The number of thioether (sulfide) groups is 1. The Bertz CT molecular complexity index is 283. The molecule has 0 aliphatic heterocycles. The Kier molecular flexibility index (Phi) is 4.65. The molecule has 1 aromatic heterocycles. The molecule has 0 radical (unpaired) electrons. The van der Waals surface area contributed by atoms with E-state index in [2.05, 4.69) is 4.98 Å². The quantitative estimate of drug-likeness (QED) is 0.711.